The molecule has 1 heterocycles. The molecule has 0 saturated carbocycles. The highest BCUT2D eigenvalue weighted by Crippen LogP contribution is 2.37. The number of hydrogen-bond donors (Lipinski definition) is 0. The van der Waals surface area contributed by atoms with Crippen molar-refractivity contribution in [2.45, 2.75) is 38.9 Å². The first-order valence-corrected chi connectivity index (χ1v) is 8.53. The second kappa shape index (κ2) is 5.09. The van der Waals surface area contributed by atoms with Gasteiger partial charge in [0, 0.05) is 14.3 Å². The number of fused-ring (bicyclic) bond motifs is 1. The third kappa shape index (κ3) is 2.58. The van der Waals surface area contributed by atoms with Gasteiger partial charge in [-0.1, -0.05) is 50.1 Å². The van der Waals surface area contributed by atoms with E-state index in [2.05, 4.69) is 77.8 Å². The topological polar surface area (TPSA) is 18.5 Å². The maximum atomic E-state index is 6.13. The van der Waals surface area contributed by atoms with Crippen LogP contribution in [0.2, 0.25) is 0 Å². The zero-order chi connectivity index (χ0) is 15.4. The van der Waals surface area contributed by atoms with Gasteiger partial charge in [-0.05, 0) is 50.7 Å². The van der Waals surface area contributed by atoms with Crippen molar-refractivity contribution in [3.8, 4) is 0 Å². The lowest BCUT2D eigenvalue weighted by atomic mass is 9.78. The van der Waals surface area contributed by atoms with E-state index in [1.54, 1.807) is 0 Å². The van der Waals surface area contributed by atoms with Gasteiger partial charge in [0.1, 0.15) is 0 Å². The second-order valence-corrected chi connectivity index (χ2v) is 8.14. The van der Waals surface area contributed by atoms with E-state index in [0.29, 0.717) is 0 Å². The molecule has 0 radical (unpaired) electrons. The summed E-state index contributed by atoms with van der Waals surface area (Å²) in [7, 11) is -0.338. The number of hydrogen-bond acceptors (Lipinski definition) is 2. The number of halogens is 2. The molecule has 1 fully saturated rings. The number of benzene rings is 2. The van der Waals surface area contributed by atoms with Crippen molar-refractivity contribution in [3.05, 3.63) is 39.3 Å². The van der Waals surface area contributed by atoms with E-state index in [9.17, 15) is 0 Å². The highest BCUT2D eigenvalue weighted by atomic mass is 79.9. The summed E-state index contributed by atoms with van der Waals surface area (Å²) in [4.78, 5) is 0. The monoisotopic (exact) mass is 410 g/mol. The zero-order valence-corrected chi connectivity index (χ0v) is 15.7. The third-order valence-corrected chi connectivity index (χ3v) is 5.71. The van der Waals surface area contributed by atoms with Crippen LogP contribution in [-0.2, 0) is 9.31 Å². The fourth-order valence-electron chi connectivity index (χ4n) is 2.47. The molecule has 5 heteroatoms. The highest BCUT2D eigenvalue weighted by Gasteiger charge is 2.51. The highest BCUT2D eigenvalue weighted by molar-refractivity contribution is 9.11. The molecule has 0 N–H and O–H groups in total. The predicted octanol–water partition coefficient (Wildman–Crippen LogP) is 4.66. The largest absolute Gasteiger partial charge is 0.494 e. The van der Waals surface area contributed by atoms with E-state index in [1.807, 2.05) is 12.1 Å². The Labute approximate surface area is 142 Å². The molecule has 0 bridgehead atoms. The Bertz CT molecular complexity index is 697. The van der Waals surface area contributed by atoms with Crippen LogP contribution < -0.4 is 5.46 Å². The summed E-state index contributed by atoms with van der Waals surface area (Å²) < 4.78 is 14.4. The number of rotatable bonds is 1. The van der Waals surface area contributed by atoms with Crippen LogP contribution in [0.15, 0.2) is 39.3 Å². The van der Waals surface area contributed by atoms with Crippen LogP contribution in [0, 0.1) is 0 Å². The van der Waals surface area contributed by atoms with Gasteiger partial charge in [-0.3, -0.25) is 0 Å². The molecule has 0 unspecified atom stereocenters. The second-order valence-electron chi connectivity index (χ2n) is 6.43. The molecular weight excluding hydrogens is 395 g/mol. The minimum Gasteiger partial charge on any atom is -0.399 e. The molecule has 0 spiro atoms. The first-order valence-electron chi connectivity index (χ1n) is 6.95. The van der Waals surface area contributed by atoms with Crippen LogP contribution in [0.25, 0.3) is 10.8 Å². The first-order chi connectivity index (χ1) is 9.71. The third-order valence-electron chi connectivity index (χ3n) is 4.43. The van der Waals surface area contributed by atoms with Gasteiger partial charge in [-0.25, -0.2) is 0 Å². The van der Waals surface area contributed by atoms with Gasteiger partial charge in [-0.15, -0.1) is 0 Å². The predicted molar refractivity (Wildman–Crippen MR) is 95.1 cm³/mol. The molecular formula is C16H17BBr2O2. The Hall–Kier alpha value is -0.355. The lowest BCUT2D eigenvalue weighted by molar-refractivity contribution is 0.00578. The van der Waals surface area contributed by atoms with Gasteiger partial charge in [-0.2, -0.15) is 0 Å². The lowest BCUT2D eigenvalue weighted by Gasteiger charge is -2.32. The molecule has 0 aliphatic carbocycles. The van der Waals surface area contributed by atoms with E-state index in [-0.39, 0.29) is 18.3 Å². The molecule has 1 saturated heterocycles. The standard InChI is InChI=1S/C16H17BBr2O2/c1-15(2)16(3,4)21-17(20-15)11-8-10-6-5-7-12(18)14(10)13(19)9-11/h5-9H,1-4H3. The summed E-state index contributed by atoms with van der Waals surface area (Å²) in [6.45, 7) is 8.28. The van der Waals surface area contributed by atoms with Gasteiger partial charge in [0.15, 0.2) is 0 Å². The van der Waals surface area contributed by atoms with Crippen molar-refractivity contribution < 1.29 is 9.31 Å². The minimum absolute atomic E-state index is 0.323. The molecule has 0 aromatic heterocycles. The van der Waals surface area contributed by atoms with E-state index in [0.717, 1.165) is 25.2 Å². The Morgan fingerprint density at radius 2 is 1.52 bits per heavy atom. The molecule has 1 aliphatic heterocycles. The van der Waals surface area contributed by atoms with Crippen LogP contribution in [0.3, 0.4) is 0 Å². The molecule has 1 aliphatic rings. The molecule has 2 nitrogen and oxygen atoms in total. The van der Waals surface area contributed by atoms with Crippen molar-refractivity contribution in [3.63, 3.8) is 0 Å². The summed E-state index contributed by atoms with van der Waals surface area (Å²) in [6.07, 6.45) is 0. The molecule has 110 valence electrons. The van der Waals surface area contributed by atoms with Crippen molar-refractivity contribution in [2.75, 3.05) is 0 Å². The maximum absolute atomic E-state index is 6.13. The van der Waals surface area contributed by atoms with E-state index < -0.39 is 0 Å². The normalized spacial score (nSPS) is 20.2. The average Bonchev–Trinajstić information content (AvgIpc) is 2.58. The molecule has 3 rings (SSSR count). The molecule has 2 aromatic rings. The zero-order valence-electron chi connectivity index (χ0n) is 12.5. The van der Waals surface area contributed by atoms with Crippen molar-refractivity contribution in [1.82, 2.24) is 0 Å². The first kappa shape index (κ1) is 15.5. The van der Waals surface area contributed by atoms with Crippen LogP contribution in [0.1, 0.15) is 27.7 Å². The summed E-state index contributed by atoms with van der Waals surface area (Å²) in [5.41, 5.74) is 0.387. The van der Waals surface area contributed by atoms with Gasteiger partial charge < -0.3 is 9.31 Å². The summed E-state index contributed by atoms with van der Waals surface area (Å²) >= 11 is 7.26. The van der Waals surface area contributed by atoms with Crippen molar-refractivity contribution in [1.29, 1.82) is 0 Å². The van der Waals surface area contributed by atoms with Crippen molar-refractivity contribution in [2.24, 2.45) is 0 Å². The maximum Gasteiger partial charge on any atom is 0.494 e. The van der Waals surface area contributed by atoms with Crippen molar-refractivity contribution >= 4 is 55.2 Å². The summed E-state index contributed by atoms with van der Waals surface area (Å²) in [6, 6.07) is 10.4. The quantitative estimate of drug-likeness (QED) is 0.635. The Morgan fingerprint density at radius 1 is 0.905 bits per heavy atom. The molecule has 0 amide bonds. The molecule has 0 atom stereocenters. The van der Waals surface area contributed by atoms with Crippen LogP contribution in [0.4, 0.5) is 0 Å². The van der Waals surface area contributed by atoms with E-state index in [4.69, 9.17) is 9.31 Å². The smallest absolute Gasteiger partial charge is 0.399 e. The Morgan fingerprint density at radius 3 is 2.14 bits per heavy atom. The Balaban J connectivity index is 2.07. The summed E-state index contributed by atoms with van der Waals surface area (Å²) in [5, 5.41) is 2.32. The SMILES string of the molecule is CC1(C)OB(c2cc(Br)c3c(Br)cccc3c2)OC1(C)C. The summed E-state index contributed by atoms with van der Waals surface area (Å²) in [5.74, 6) is 0. The van der Waals surface area contributed by atoms with E-state index in [1.165, 1.54) is 0 Å². The van der Waals surface area contributed by atoms with Crippen LogP contribution in [0.5, 0.6) is 0 Å². The van der Waals surface area contributed by atoms with Gasteiger partial charge in [0.25, 0.3) is 0 Å². The average molecular weight is 412 g/mol. The van der Waals surface area contributed by atoms with Gasteiger partial charge in [0.05, 0.1) is 11.2 Å². The van der Waals surface area contributed by atoms with Gasteiger partial charge in [0.2, 0.25) is 0 Å². The van der Waals surface area contributed by atoms with Crippen LogP contribution >= 0.6 is 31.9 Å². The minimum atomic E-state index is -0.338. The fraction of sp³-hybridized carbons (Fsp3) is 0.375. The van der Waals surface area contributed by atoms with E-state index >= 15 is 0 Å². The molecule has 2 aromatic carbocycles. The van der Waals surface area contributed by atoms with Gasteiger partial charge >= 0.3 is 7.12 Å². The van der Waals surface area contributed by atoms with Crippen LogP contribution in [-0.4, -0.2) is 18.3 Å². The fourth-order valence-corrected chi connectivity index (χ4v) is 4.04. The molecule has 21 heavy (non-hydrogen) atoms. The Kier molecular flexibility index (Phi) is 3.76. The lowest BCUT2D eigenvalue weighted by Crippen LogP contribution is -2.41.